The predicted octanol–water partition coefficient (Wildman–Crippen LogP) is 3.49. The van der Waals surface area contributed by atoms with Crippen LogP contribution in [-0.4, -0.2) is 81.6 Å². The van der Waals surface area contributed by atoms with Crippen LogP contribution in [0.15, 0.2) is 80.3 Å². The van der Waals surface area contributed by atoms with Crippen LogP contribution in [0.5, 0.6) is 0 Å². The average Bonchev–Trinajstić information content (AvgIpc) is 2.95. The fourth-order valence-electron chi connectivity index (χ4n) is 3.31. The van der Waals surface area contributed by atoms with Gasteiger partial charge in [-0.2, -0.15) is 0 Å². The summed E-state index contributed by atoms with van der Waals surface area (Å²) in [6, 6.07) is 12.6. The van der Waals surface area contributed by atoms with E-state index >= 15 is 0 Å². The van der Waals surface area contributed by atoms with Crippen molar-refractivity contribution in [3.63, 3.8) is 0 Å². The Morgan fingerprint density at radius 2 is 0.814 bits per heavy atom. The number of esters is 2. The number of sulfone groups is 2. The highest BCUT2D eigenvalue weighted by molar-refractivity contribution is 7.94. The maximum atomic E-state index is 12.4. The van der Waals surface area contributed by atoms with Crippen LogP contribution in [-0.2, 0) is 52.9 Å². The lowest BCUT2D eigenvalue weighted by Crippen LogP contribution is -2.16. The summed E-state index contributed by atoms with van der Waals surface area (Å²) in [7, 11) is -7.53. The van der Waals surface area contributed by atoms with E-state index in [0.717, 1.165) is 21.9 Å². The molecule has 0 amide bonds. The van der Waals surface area contributed by atoms with E-state index in [1.165, 1.54) is 38.1 Å². The molecule has 13 heteroatoms. The molecule has 0 N–H and O–H groups in total. The molecular formula is C30H38O11S2. The second-order valence-corrected chi connectivity index (χ2v) is 13.0. The van der Waals surface area contributed by atoms with Gasteiger partial charge >= 0.3 is 11.9 Å². The summed E-state index contributed by atoms with van der Waals surface area (Å²) in [5.41, 5.74) is 1.75. The molecule has 0 bridgehead atoms. The molecule has 0 aromatic heterocycles. The molecule has 0 fully saturated rings. The predicted molar refractivity (Wildman–Crippen MR) is 159 cm³/mol. The van der Waals surface area contributed by atoms with Gasteiger partial charge < -0.3 is 23.7 Å². The minimum Gasteiger partial charge on any atom is -0.460 e. The van der Waals surface area contributed by atoms with Crippen LogP contribution in [0.25, 0.3) is 0 Å². The lowest BCUT2D eigenvalue weighted by atomic mass is 10.2. The number of carbonyl (C=O) groups excluding carboxylic acids is 2. The van der Waals surface area contributed by atoms with Crippen molar-refractivity contribution in [2.24, 2.45) is 0 Å². The molecule has 11 nitrogen and oxygen atoms in total. The van der Waals surface area contributed by atoms with Gasteiger partial charge in [0.05, 0.1) is 49.4 Å². The molecule has 0 heterocycles. The molecule has 0 spiro atoms. The highest BCUT2D eigenvalue weighted by Crippen LogP contribution is 2.16. The van der Waals surface area contributed by atoms with Crippen molar-refractivity contribution in [2.45, 2.75) is 37.5 Å². The first-order valence-corrected chi connectivity index (χ1v) is 16.5. The first-order valence-electron chi connectivity index (χ1n) is 13.4. The normalized spacial score (nSPS) is 12.7. The topological polar surface area (TPSA) is 149 Å². The number of carbonyl (C=O) groups is 2. The van der Waals surface area contributed by atoms with E-state index in [4.69, 9.17) is 23.7 Å². The van der Waals surface area contributed by atoms with Crippen LogP contribution in [0.3, 0.4) is 0 Å². The molecule has 0 aliphatic heterocycles. The SMILES string of the molecule is C/C(=C\S(=O)(=O)c1ccc(C)cc1)C(=O)OCCOCCOCCOCCOC(=O)/C(C)=C/S(=O)(=O)c1ccc(C)cc1. The summed E-state index contributed by atoms with van der Waals surface area (Å²) in [6.45, 7) is 7.54. The molecule has 0 atom stereocenters. The molecule has 0 aliphatic rings. The van der Waals surface area contributed by atoms with E-state index in [9.17, 15) is 26.4 Å². The second-order valence-electron chi connectivity index (χ2n) is 9.43. The molecule has 0 unspecified atom stereocenters. The Morgan fingerprint density at radius 1 is 0.535 bits per heavy atom. The van der Waals surface area contributed by atoms with Gasteiger partial charge in [0.15, 0.2) is 19.7 Å². The van der Waals surface area contributed by atoms with Gasteiger partial charge in [0.1, 0.15) is 13.2 Å². The van der Waals surface area contributed by atoms with Crippen molar-refractivity contribution in [3.05, 3.63) is 81.6 Å². The summed E-state index contributed by atoms with van der Waals surface area (Å²) in [5, 5.41) is 1.78. The van der Waals surface area contributed by atoms with Crippen LogP contribution in [0.4, 0.5) is 0 Å². The van der Waals surface area contributed by atoms with Gasteiger partial charge in [-0.25, -0.2) is 26.4 Å². The van der Waals surface area contributed by atoms with Crippen molar-refractivity contribution in [2.75, 3.05) is 52.9 Å². The maximum Gasteiger partial charge on any atom is 0.334 e. The van der Waals surface area contributed by atoms with E-state index in [2.05, 4.69) is 0 Å². The summed E-state index contributed by atoms with van der Waals surface area (Å²) < 4.78 is 75.7. The number of ether oxygens (including phenoxy) is 5. The Labute approximate surface area is 253 Å². The second kappa shape index (κ2) is 17.7. The Bertz CT molecular complexity index is 1360. The van der Waals surface area contributed by atoms with E-state index in [0.29, 0.717) is 0 Å². The molecule has 2 aromatic carbocycles. The molecule has 0 aliphatic carbocycles. The Morgan fingerprint density at radius 3 is 1.12 bits per heavy atom. The molecule has 43 heavy (non-hydrogen) atoms. The van der Waals surface area contributed by atoms with E-state index in [1.807, 2.05) is 13.8 Å². The largest absolute Gasteiger partial charge is 0.460 e. The molecule has 0 saturated heterocycles. The standard InChI is InChI=1S/C30H38O11S2/c1-23-5-9-27(10-6-23)42(33,34)21-25(3)29(31)40-19-17-38-15-13-37-14-16-39-18-20-41-30(32)26(4)22-43(35,36)28-11-7-24(2)8-12-28/h5-12,21-22H,13-20H2,1-4H3/b25-21+,26-22+. The van der Waals surface area contributed by atoms with Gasteiger partial charge in [0.25, 0.3) is 0 Å². The molecule has 2 rings (SSSR count). The van der Waals surface area contributed by atoms with Crippen LogP contribution < -0.4 is 0 Å². The van der Waals surface area contributed by atoms with Gasteiger partial charge in [-0.05, 0) is 52.0 Å². The van der Waals surface area contributed by atoms with Crippen molar-refractivity contribution >= 4 is 31.6 Å². The third-order valence-corrected chi connectivity index (χ3v) is 8.86. The number of benzene rings is 2. The van der Waals surface area contributed by atoms with Crippen molar-refractivity contribution < 1.29 is 50.1 Å². The van der Waals surface area contributed by atoms with Gasteiger partial charge in [-0.3, -0.25) is 0 Å². The first-order chi connectivity index (χ1) is 20.3. The molecule has 0 radical (unpaired) electrons. The summed E-state index contributed by atoms with van der Waals surface area (Å²) >= 11 is 0. The van der Waals surface area contributed by atoms with E-state index in [-0.39, 0.29) is 73.8 Å². The molecule has 2 aromatic rings. The van der Waals surface area contributed by atoms with Crippen LogP contribution in [0, 0.1) is 13.8 Å². The summed E-state index contributed by atoms with van der Waals surface area (Å²) in [5.74, 6) is -1.51. The lowest BCUT2D eigenvalue weighted by molar-refractivity contribution is -0.141. The lowest BCUT2D eigenvalue weighted by Gasteiger charge is -2.08. The quantitative estimate of drug-likeness (QED) is 0.134. The fraction of sp³-hybridized carbons (Fsp3) is 0.400. The number of hydrogen-bond acceptors (Lipinski definition) is 11. The smallest absolute Gasteiger partial charge is 0.334 e. The zero-order valence-electron chi connectivity index (χ0n) is 24.7. The first kappa shape index (κ1) is 35.8. The van der Waals surface area contributed by atoms with Gasteiger partial charge in [0.2, 0.25) is 0 Å². The molecule has 236 valence electrons. The van der Waals surface area contributed by atoms with Crippen molar-refractivity contribution in [1.29, 1.82) is 0 Å². The molecular weight excluding hydrogens is 600 g/mol. The average molecular weight is 639 g/mol. The minimum absolute atomic E-state index is 0.0451. The zero-order chi connectivity index (χ0) is 31.9. The Hall–Kier alpha value is -3.36. The van der Waals surface area contributed by atoms with E-state index in [1.54, 1.807) is 24.3 Å². The Balaban J connectivity index is 1.51. The highest BCUT2D eigenvalue weighted by atomic mass is 32.2. The third-order valence-electron chi connectivity index (χ3n) is 5.67. The monoisotopic (exact) mass is 638 g/mol. The number of hydrogen-bond donors (Lipinski definition) is 0. The van der Waals surface area contributed by atoms with Crippen LogP contribution in [0.2, 0.25) is 0 Å². The molecule has 0 saturated carbocycles. The van der Waals surface area contributed by atoms with Crippen LogP contribution in [0.1, 0.15) is 25.0 Å². The minimum atomic E-state index is -3.77. The third kappa shape index (κ3) is 13.2. The van der Waals surface area contributed by atoms with Crippen LogP contribution >= 0.6 is 0 Å². The number of aryl methyl sites for hydroxylation is 2. The summed E-state index contributed by atoms with van der Waals surface area (Å²) in [6.07, 6.45) is 0. The number of rotatable bonds is 18. The van der Waals surface area contributed by atoms with E-state index < -0.39 is 31.6 Å². The summed E-state index contributed by atoms with van der Waals surface area (Å²) in [4.78, 5) is 24.3. The van der Waals surface area contributed by atoms with Gasteiger partial charge in [-0.15, -0.1) is 0 Å². The Kier molecular flexibility index (Phi) is 14.7. The zero-order valence-corrected chi connectivity index (χ0v) is 26.4. The maximum absolute atomic E-state index is 12.4. The van der Waals surface area contributed by atoms with Crippen molar-refractivity contribution in [3.8, 4) is 0 Å². The fourth-order valence-corrected chi connectivity index (χ4v) is 5.74. The highest BCUT2D eigenvalue weighted by Gasteiger charge is 2.16. The van der Waals surface area contributed by atoms with Crippen molar-refractivity contribution in [1.82, 2.24) is 0 Å². The van der Waals surface area contributed by atoms with Gasteiger partial charge in [0, 0.05) is 22.0 Å². The van der Waals surface area contributed by atoms with Gasteiger partial charge in [-0.1, -0.05) is 35.4 Å².